The summed E-state index contributed by atoms with van der Waals surface area (Å²) in [6.45, 7) is 0. The molecular weight excluding hydrogens is 432 g/mol. The molecule has 0 bridgehead atoms. The minimum atomic E-state index is -3.66. The molecule has 0 aliphatic carbocycles. The van der Waals surface area contributed by atoms with Gasteiger partial charge in [-0.2, -0.15) is 8.42 Å². The molecule has 3 rings (SSSR count). The maximum atomic E-state index is 11.9. The highest BCUT2D eigenvalue weighted by atomic mass is 32.2. The van der Waals surface area contributed by atoms with E-state index >= 15 is 0 Å². The van der Waals surface area contributed by atoms with E-state index in [-0.39, 0.29) is 0 Å². The molecule has 0 saturated carbocycles. The van der Waals surface area contributed by atoms with Gasteiger partial charge in [0.05, 0.1) is 33.7 Å². The molecule has 0 aliphatic heterocycles. The average Bonchev–Trinajstić information content (AvgIpc) is 2.77. The largest absolute Gasteiger partial charge is 0.497 e. The van der Waals surface area contributed by atoms with Gasteiger partial charge in [0, 0.05) is 12.8 Å². The van der Waals surface area contributed by atoms with Gasteiger partial charge in [0.1, 0.15) is 12.0 Å². The lowest BCUT2D eigenvalue weighted by atomic mass is 9.92. The van der Waals surface area contributed by atoms with Gasteiger partial charge in [0.25, 0.3) is 10.1 Å². The van der Waals surface area contributed by atoms with Gasteiger partial charge in [-0.1, -0.05) is 12.1 Å². The first-order chi connectivity index (χ1) is 15.3. The molecule has 172 valence electrons. The van der Waals surface area contributed by atoms with Crippen molar-refractivity contribution in [2.45, 2.75) is 31.8 Å². The molecule has 0 heterocycles. The van der Waals surface area contributed by atoms with E-state index in [0.29, 0.717) is 37.2 Å². The molecule has 0 aromatic heterocycles. The third kappa shape index (κ3) is 5.49. The monoisotopic (exact) mass is 460 g/mol. The van der Waals surface area contributed by atoms with Gasteiger partial charge in [-0.15, -0.1) is 0 Å². The van der Waals surface area contributed by atoms with E-state index in [1.54, 1.807) is 21.3 Å². The summed E-state index contributed by atoms with van der Waals surface area (Å²) in [5.41, 5.74) is 0.915. The van der Waals surface area contributed by atoms with Crippen LogP contribution in [0, 0.1) is 0 Å². The Kier molecular flexibility index (Phi) is 7.58. The summed E-state index contributed by atoms with van der Waals surface area (Å²) in [6, 6.07) is 11.6. The summed E-state index contributed by atoms with van der Waals surface area (Å²) in [5, 5.41) is 3.79. The van der Waals surface area contributed by atoms with Crippen molar-refractivity contribution in [1.29, 1.82) is 0 Å². The smallest absolute Gasteiger partial charge is 0.264 e. The summed E-state index contributed by atoms with van der Waals surface area (Å²) >= 11 is 0. The highest BCUT2D eigenvalue weighted by molar-refractivity contribution is 7.86. The van der Waals surface area contributed by atoms with Crippen LogP contribution in [-0.4, -0.2) is 48.4 Å². The summed E-state index contributed by atoms with van der Waals surface area (Å²) in [4.78, 5) is 10.7. The molecule has 3 aromatic carbocycles. The molecule has 0 N–H and O–H groups in total. The molecule has 0 aliphatic rings. The Bertz CT molecular complexity index is 1220. The topological polar surface area (TPSA) is 88.1 Å². The molecule has 0 amide bonds. The zero-order chi connectivity index (χ0) is 23.3. The van der Waals surface area contributed by atoms with Gasteiger partial charge in [-0.25, -0.2) is 0 Å². The van der Waals surface area contributed by atoms with Crippen LogP contribution in [0.25, 0.3) is 21.5 Å². The van der Waals surface area contributed by atoms with Crippen LogP contribution < -0.4 is 14.2 Å². The number of fused-ring (bicyclic) bond motifs is 3. The zero-order valence-electron chi connectivity index (χ0n) is 18.7. The number of hydrogen-bond donors (Lipinski definition) is 0. The number of ether oxygens (including phenoxy) is 3. The molecule has 0 saturated heterocycles. The van der Waals surface area contributed by atoms with Crippen molar-refractivity contribution in [2.24, 2.45) is 0 Å². The van der Waals surface area contributed by atoms with Crippen molar-refractivity contribution in [3.63, 3.8) is 0 Å². The average molecular weight is 461 g/mol. The van der Waals surface area contributed by atoms with Gasteiger partial charge in [0.2, 0.25) is 0 Å². The lowest BCUT2D eigenvalue weighted by Gasteiger charge is -2.19. The lowest BCUT2D eigenvalue weighted by molar-refractivity contribution is -0.108. The maximum Gasteiger partial charge on any atom is 0.264 e. The number of methoxy groups -OCH3 is 3. The van der Waals surface area contributed by atoms with Crippen LogP contribution in [-0.2, 0) is 25.5 Å². The number of aldehydes is 1. The third-order valence-electron chi connectivity index (χ3n) is 5.36. The summed E-state index contributed by atoms with van der Waals surface area (Å²) < 4.78 is 45.5. The molecular formula is C24H28O7S. The van der Waals surface area contributed by atoms with Gasteiger partial charge in [-0.05, 0) is 64.2 Å². The van der Waals surface area contributed by atoms with E-state index < -0.39 is 16.2 Å². The summed E-state index contributed by atoms with van der Waals surface area (Å²) in [5.74, 6) is 1.90. The molecule has 0 fully saturated rings. The predicted molar refractivity (Wildman–Crippen MR) is 124 cm³/mol. The molecule has 0 radical (unpaired) electrons. The fraction of sp³-hybridized carbons (Fsp3) is 0.375. The van der Waals surface area contributed by atoms with Crippen molar-refractivity contribution < 1.29 is 31.6 Å². The Morgan fingerprint density at radius 3 is 2.19 bits per heavy atom. The van der Waals surface area contributed by atoms with E-state index in [4.69, 9.17) is 18.4 Å². The van der Waals surface area contributed by atoms with Crippen molar-refractivity contribution in [2.75, 3.05) is 27.6 Å². The van der Waals surface area contributed by atoms with Crippen molar-refractivity contribution in [1.82, 2.24) is 0 Å². The number of hydrogen-bond acceptors (Lipinski definition) is 7. The van der Waals surface area contributed by atoms with Crippen LogP contribution >= 0.6 is 0 Å². The Morgan fingerprint density at radius 1 is 0.906 bits per heavy atom. The second-order valence-corrected chi connectivity index (χ2v) is 9.20. The number of carbonyl (C=O) groups excluding carboxylic acids is 1. The van der Waals surface area contributed by atoms with Crippen molar-refractivity contribution in [3.05, 3.63) is 42.0 Å². The zero-order valence-corrected chi connectivity index (χ0v) is 19.5. The third-order valence-corrected chi connectivity index (χ3v) is 5.98. The van der Waals surface area contributed by atoms with Gasteiger partial charge in [0.15, 0.2) is 11.5 Å². The summed E-state index contributed by atoms with van der Waals surface area (Å²) in [6.07, 6.45) is 2.99. The number of carbonyl (C=O) groups is 1. The second-order valence-electron chi connectivity index (χ2n) is 7.60. The Morgan fingerprint density at radius 2 is 1.59 bits per heavy atom. The van der Waals surface area contributed by atoms with Gasteiger partial charge >= 0.3 is 0 Å². The molecule has 32 heavy (non-hydrogen) atoms. The molecule has 1 atom stereocenters. The fourth-order valence-electron chi connectivity index (χ4n) is 3.93. The van der Waals surface area contributed by atoms with Crippen LogP contribution in [0.3, 0.4) is 0 Å². The minimum Gasteiger partial charge on any atom is -0.497 e. The molecule has 0 unspecified atom stereocenters. The standard InChI is InChI=1S/C24H28O7S/c1-28-18-9-8-16-11-17(12-19(7-5-6-10-25)31-32(4,26)27)21-14-23(29-2)24(30-3)15-22(21)20(16)13-18/h8-11,13-15,19H,5-7,12H2,1-4H3/t19-/m0/s1. The van der Waals surface area contributed by atoms with E-state index in [9.17, 15) is 13.2 Å². The first-order valence-corrected chi connectivity index (χ1v) is 12.1. The molecule has 3 aromatic rings. The number of unbranched alkanes of at least 4 members (excludes halogenated alkanes) is 1. The van der Waals surface area contributed by atoms with Crippen LogP contribution in [0.2, 0.25) is 0 Å². The first-order valence-electron chi connectivity index (χ1n) is 10.3. The molecule has 0 spiro atoms. The highest BCUT2D eigenvalue weighted by Crippen LogP contribution is 2.39. The Hall–Kier alpha value is -2.84. The van der Waals surface area contributed by atoms with E-state index in [0.717, 1.165) is 45.4 Å². The Labute approximate surface area is 188 Å². The number of benzene rings is 3. The van der Waals surface area contributed by atoms with Gasteiger partial charge < -0.3 is 19.0 Å². The second kappa shape index (κ2) is 10.2. The predicted octanol–water partition coefficient (Wildman–Crippen LogP) is 4.28. The normalized spacial score (nSPS) is 12.6. The fourth-order valence-corrected chi connectivity index (χ4v) is 4.59. The van der Waals surface area contributed by atoms with Crippen LogP contribution in [0.4, 0.5) is 0 Å². The van der Waals surface area contributed by atoms with Gasteiger partial charge in [-0.3, -0.25) is 4.18 Å². The minimum absolute atomic E-state index is 0.354. The SMILES string of the molecule is COc1ccc2cc(C[C@H](CCCC=O)OS(C)(=O)=O)c3cc(OC)c(OC)cc3c2c1. The van der Waals surface area contributed by atoms with E-state index in [2.05, 4.69) is 0 Å². The van der Waals surface area contributed by atoms with Crippen LogP contribution in [0.1, 0.15) is 24.8 Å². The molecule has 8 heteroatoms. The van der Waals surface area contributed by atoms with Crippen molar-refractivity contribution in [3.8, 4) is 17.2 Å². The van der Waals surface area contributed by atoms with Crippen molar-refractivity contribution >= 4 is 37.9 Å². The lowest BCUT2D eigenvalue weighted by Crippen LogP contribution is -2.20. The maximum absolute atomic E-state index is 11.9. The highest BCUT2D eigenvalue weighted by Gasteiger charge is 2.20. The van der Waals surface area contributed by atoms with Crippen LogP contribution in [0.5, 0.6) is 17.2 Å². The van der Waals surface area contributed by atoms with E-state index in [1.165, 1.54) is 0 Å². The summed E-state index contributed by atoms with van der Waals surface area (Å²) in [7, 11) is 1.11. The molecule has 7 nitrogen and oxygen atoms in total. The first kappa shape index (κ1) is 23.8. The van der Waals surface area contributed by atoms with E-state index in [1.807, 2.05) is 36.4 Å². The quantitative estimate of drug-likeness (QED) is 0.183. The Balaban J connectivity index is 2.19. The number of rotatable bonds is 11. The van der Waals surface area contributed by atoms with Crippen LogP contribution in [0.15, 0.2) is 36.4 Å².